The van der Waals surface area contributed by atoms with Crippen molar-refractivity contribution >= 4 is 21.8 Å². The average Bonchev–Trinajstić information content (AvgIpc) is 3.09. The van der Waals surface area contributed by atoms with Gasteiger partial charge in [0.25, 0.3) is 5.91 Å². The lowest BCUT2D eigenvalue weighted by atomic mass is 10.2. The number of carbonyl (C=O) groups excluding carboxylic acids is 1. The zero-order valence-corrected chi connectivity index (χ0v) is 12.4. The number of piperazine rings is 1. The number of amides is 1. The minimum absolute atomic E-state index is 0.00473. The third-order valence-corrected chi connectivity index (χ3v) is 4.36. The first-order valence-corrected chi connectivity index (χ1v) is 7.53. The van der Waals surface area contributed by atoms with Gasteiger partial charge in [-0.1, -0.05) is 0 Å². The summed E-state index contributed by atoms with van der Waals surface area (Å²) in [5, 5.41) is 3.39. The molecule has 104 valence electrons. The molecule has 2 saturated heterocycles. The number of furan rings is 1. The topological polar surface area (TPSA) is 48.7 Å². The Bertz CT molecular complexity index is 448. The minimum Gasteiger partial charge on any atom is -0.444 e. The monoisotopic (exact) mass is 327 g/mol. The molecule has 0 aliphatic carbocycles. The van der Waals surface area contributed by atoms with Crippen molar-refractivity contribution in [3.8, 4) is 0 Å². The Morgan fingerprint density at radius 2 is 2.11 bits per heavy atom. The molecule has 1 aromatic rings. The standard InChI is InChI=1S/C13H18BrN3O2/c14-12-2-1-11(19-12)13(18)17-7-5-16(6-8-17)10-3-4-15-9-10/h1-2,10,15H,3-9H2. The number of hydrogen-bond acceptors (Lipinski definition) is 4. The summed E-state index contributed by atoms with van der Waals surface area (Å²) in [5.74, 6) is 0.415. The van der Waals surface area contributed by atoms with Crippen LogP contribution in [0.4, 0.5) is 0 Å². The van der Waals surface area contributed by atoms with Gasteiger partial charge >= 0.3 is 0 Å². The Kier molecular flexibility index (Phi) is 3.91. The van der Waals surface area contributed by atoms with Crippen LogP contribution in [0.15, 0.2) is 21.2 Å². The SMILES string of the molecule is O=C(c1ccc(Br)o1)N1CCN(C2CCNC2)CC1. The largest absolute Gasteiger partial charge is 0.444 e. The number of halogens is 1. The van der Waals surface area contributed by atoms with Crippen LogP contribution in [-0.2, 0) is 0 Å². The second-order valence-corrected chi connectivity index (χ2v) is 5.86. The Morgan fingerprint density at radius 1 is 1.32 bits per heavy atom. The van der Waals surface area contributed by atoms with Gasteiger partial charge in [0.15, 0.2) is 10.4 Å². The fraction of sp³-hybridized carbons (Fsp3) is 0.615. The summed E-state index contributed by atoms with van der Waals surface area (Å²) in [7, 11) is 0. The van der Waals surface area contributed by atoms with Gasteiger partial charge < -0.3 is 14.6 Å². The van der Waals surface area contributed by atoms with E-state index in [1.165, 1.54) is 6.42 Å². The summed E-state index contributed by atoms with van der Waals surface area (Å²) >= 11 is 3.23. The lowest BCUT2D eigenvalue weighted by Gasteiger charge is -2.37. The molecule has 0 bridgehead atoms. The van der Waals surface area contributed by atoms with Crippen LogP contribution >= 0.6 is 15.9 Å². The molecule has 0 spiro atoms. The zero-order valence-electron chi connectivity index (χ0n) is 10.8. The summed E-state index contributed by atoms with van der Waals surface area (Å²) in [5.41, 5.74) is 0. The molecule has 0 aromatic carbocycles. The molecule has 0 radical (unpaired) electrons. The molecule has 1 atom stereocenters. The van der Waals surface area contributed by atoms with Gasteiger partial charge in [-0.3, -0.25) is 9.69 Å². The molecule has 1 unspecified atom stereocenters. The van der Waals surface area contributed by atoms with Crippen LogP contribution in [0, 0.1) is 0 Å². The third kappa shape index (κ3) is 2.85. The zero-order chi connectivity index (χ0) is 13.2. The first-order chi connectivity index (χ1) is 9.24. The van der Waals surface area contributed by atoms with Crippen molar-refractivity contribution in [3.63, 3.8) is 0 Å². The van der Waals surface area contributed by atoms with Crippen LogP contribution in [0.2, 0.25) is 0 Å². The van der Waals surface area contributed by atoms with E-state index < -0.39 is 0 Å². The summed E-state index contributed by atoms with van der Waals surface area (Å²) < 4.78 is 5.93. The molecule has 1 aromatic heterocycles. The maximum atomic E-state index is 12.2. The predicted molar refractivity (Wildman–Crippen MR) is 75.2 cm³/mol. The van der Waals surface area contributed by atoms with Crippen molar-refractivity contribution in [1.29, 1.82) is 0 Å². The van der Waals surface area contributed by atoms with E-state index in [-0.39, 0.29) is 5.91 Å². The first kappa shape index (κ1) is 13.1. The van der Waals surface area contributed by atoms with E-state index in [0.29, 0.717) is 16.5 Å². The van der Waals surface area contributed by atoms with E-state index >= 15 is 0 Å². The average molecular weight is 328 g/mol. The molecule has 1 N–H and O–H groups in total. The summed E-state index contributed by atoms with van der Waals surface area (Å²) in [6, 6.07) is 4.13. The van der Waals surface area contributed by atoms with E-state index in [4.69, 9.17) is 4.42 Å². The molecular formula is C13H18BrN3O2. The number of rotatable bonds is 2. The van der Waals surface area contributed by atoms with Gasteiger partial charge in [0.1, 0.15) is 0 Å². The highest BCUT2D eigenvalue weighted by Crippen LogP contribution is 2.18. The minimum atomic E-state index is -0.00473. The van der Waals surface area contributed by atoms with Gasteiger partial charge in [-0.15, -0.1) is 0 Å². The van der Waals surface area contributed by atoms with Gasteiger partial charge in [0, 0.05) is 38.8 Å². The normalized spacial score (nSPS) is 24.9. The molecule has 3 rings (SSSR count). The van der Waals surface area contributed by atoms with E-state index in [9.17, 15) is 4.79 Å². The molecular weight excluding hydrogens is 310 g/mol. The molecule has 1 amide bonds. The van der Waals surface area contributed by atoms with Crippen LogP contribution in [0.25, 0.3) is 0 Å². The summed E-state index contributed by atoms with van der Waals surface area (Å²) in [6.07, 6.45) is 1.22. The van der Waals surface area contributed by atoms with E-state index in [0.717, 1.165) is 39.3 Å². The summed E-state index contributed by atoms with van der Waals surface area (Å²) in [6.45, 7) is 5.69. The lowest BCUT2D eigenvalue weighted by Crippen LogP contribution is -2.52. The summed E-state index contributed by atoms with van der Waals surface area (Å²) in [4.78, 5) is 16.6. The van der Waals surface area contributed by atoms with Gasteiger partial charge in [0.2, 0.25) is 0 Å². The van der Waals surface area contributed by atoms with Crippen molar-refractivity contribution < 1.29 is 9.21 Å². The number of nitrogens with zero attached hydrogens (tertiary/aromatic N) is 2. The van der Waals surface area contributed by atoms with Crippen LogP contribution in [0.3, 0.4) is 0 Å². The maximum Gasteiger partial charge on any atom is 0.289 e. The molecule has 6 heteroatoms. The molecule has 3 heterocycles. The fourth-order valence-electron chi connectivity index (χ4n) is 2.83. The van der Waals surface area contributed by atoms with E-state index in [2.05, 4.69) is 26.1 Å². The smallest absolute Gasteiger partial charge is 0.289 e. The number of hydrogen-bond donors (Lipinski definition) is 1. The van der Waals surface area contributed by atoms with Crippen LogP contribution in [0.5, 0.6) is 0 Å². The maximum absolute atomic E-state index is 12.2. The van der Waals surface area contributed by atoms with E-state index in [1.807, 2.05) is 4.90 Å². The van der Waals surface area contributed by atoms with Crippen molar-refractivity contribution in [3.05, 3.63) is 22.6 Å². The van der Waals surface area contributed by atoms with Crippen LogP contribution in [-0.4, -0.2) is 61.0 Å². The highest BCUT2D eigenvalue weighted by Gasteiger charge is 2.28. The number of nitrogens with one attached hydrogen (secondary N) is 1. The van der Waals surface area contributed by atoms with Gasteiger partial charge in [-0.2, -0.15) is 0 Å². The lowest BCUT2D eigenvalue weighted by molar-refractivity contribution is 0.0553. The van der Waals surface area contributed by atoms with Crippen LogP contribution < -0.4 is 5.32 Å². The number of carbonyl (C=O) groups is 1. The van der Waals surface area contributed by atoms with Gasteiger partial charge in [0.05, 0.1) is 0 Å². The Hall–Kier alpha value is -0.850. The molecule has 2 aliphatic heterocycles. The molecule has 5 nitrogen and oxygen atoms in total. The predicted octanol–water partition coefficient (Wildman–Crippen LogP) is 1.16. The highest BCUT2D eigenvalue weighted by molar-refractivity contribution is 9.10. The van der Waals surface area contributed by atoms with E-state index in [1.54, 1.807) is 12.1 Å². The molecule has 2 fully saturated rings. The quantitative estimate of drug-likeness (QED) is 0.885. The second-order valence-electron chi connectivity index (χ2n) is 5.08. The molecule has 2 aliphatic rings. The van der Waals surface area contributed by atoms with Crippen molar-refractivity contribution in [2.75, 3.05) is 39.3 Å². The van der Waals surface area contributed by atoms with Crippen molar-refractivity contribution in [2.24, 2.45) is 0 Å². The van der Waals surface area contributed by atoms with Gasteiger partial charge in [-0.05, 0) is 41.0 Å². The van der Waals surface area contributed by atoms with Crippen molar-refractivity contribution in [2.45, 2.75) is 12.5 Å². The molecule has 0 saturated carbocycles. The van der Waals surface area contributed by atoms with Crippen molar-refractivity contribution in [1.82, 2.24) is 15.1 Å². The highest BCUT2D eigenvalue weighted by atomic mass is 79.9. The fourth-order valence-corrected chi connectivity index (χ4v) is 3.13. The van der Waals surface area contributed by atoms with Gasteiger partial charge in [-0.25, -0.2) is 0 Å². The Morgan fingerprint density at radius 3 is 2.68 bits per heavy atom. The second kappa shape index (κ2) is 5.64. The Balaban J connectivity index is 1.56. The first-order valence-electron chi connectivity index (χ1n) is 6.73. The Labute approximate surface area is 121 Å². The third-order valence-electron chi connectivity index (χ3n) is 3.94. The van der Waals surface area contributed by atoms with Crippen LogP contribution in [0.1, 0.15) is 17.0 Å². The molecule has 19 heavy (non-hydrogen) atoms.